The SMILES string of the molecule is COc1c(-c2ncco2)cc(C(=O)CN2Cc3ccc(C4CC4)nc3C2=N)cc1C(C)(C)C. The molecule has 170 valence electrons. The Morgan fingerprint density at radius 1 is 1.27 bits per heavy atom. The number of oxazole rings is 1. The number of pyridine rings is 1. The van der Waals surface area contributed by atoms with Gasteiger partial charge < -0.3 is 14.1 Å². The van der Waals surface area contributed by atoms with Gasteiger partial charge in [-0.25, -0.2) is 9.97 Å². The van der Waals surface area contributed by atoms with Crippen LogP contribution in [0.2, 0.25) is 0 Å². The number of aromatic nitrogens is 2. The fraction of sp³-hybridized carbons (Fsp3) is 0.385. The number of nitrogens with one attached hydrogen (secondary N) is 1. The van der Waals surface area contributed by atoms with Gasteiger partial charge in [-0.05, 0) is 36.5 Å². The summed E-state index contributed by atoms with van der Waals surface area (Å²) in [5.41, 5.74) is 4.60. The van der Waals surface area contributed by atoms with Crippen LogP contribution in [0.4, 0.5) is 0 Å². The second-order valence-corrected chi connectivity index (χ2v) is 9.84. The molecule has 1 fully saturated rings. The van der Waals surface area contributed by atoms with E-state index in [9.17, 15) is 4.79 Å². The maximum Gasteiger partial charge on any atom is 0.229 e. The fourth-order valence-corrected chi connectivity index (χ4v) is 4.36. The van der Waals surface area contributed by atoms with Gasteiger partial charge in [0.15, 0.2) is 5.78 Å². The van der Waals surface area contributed by atoms with Crippen molar-refractivity contribution in [2.24, 2.45) is 0 Å². The van der Waals surface area contributed by atoms with Crippen LogP contribution in [0.25, 0.3) is 11.5 Å². The molecule has 7 nitrogen and oxygen atoms in total. The number of carbonyl (C=O) groups is 1. The van der Waals surface area contributed by atoms with Gasteiger partial charge in [-0.1, -0.05) is 26.8 Å². The molecule has 7 heteroatoms. The Bertz CT molecular complexity index is 1240. The van der Waals surface area contributed by atoms with E-state index in [4.69, 9.17) is 19.5 Å². The van der Waals surface area contributed by atoms with E-state index in [1.165, 1.54) is 19.1 Å². The summed E-state index contributed by atoms with van der Waals surface area (Å²) in [5.74, 6) is 1.83. The van der Waals surface area contributed by atoms with Crippen LogP contribution in [-0.2, 0) is 12.0 Å². The van der Waals surface area contributed by atoms with Crippen LogP contribution in [0.3, 0.4) is 0 Å². The third-order valence-electron chi connectivity index (χ3n) is 6.32. The molecular weight excluding hydrogens is 416 g/mol. The summed E-state index contributed by atoms with van der Waals surface area (Å²) in [7, 11) is 1.62. The topological polar surface area (TPSA) is 92.3 Å². The highest BCUT2D eigenvalue weighted by atomic mass is 16.5. The van der Waals surface area contributed by atoms with E-state index in [1.807, 2.05) is 6.07 Å². The van der Waals surface area contributed by atoms with Gasteiger partial charge >= 0.3 is 0 Å². The first-order valence-electron chi connectivity index (χ1n) is 11.3. The number of Topliss-reactive ketones (excluding diaryl/α,β-unsaturated/α-hetero) is 1. The predicted molar refractivity (Wildman–Crippen MR) is 125 cm³/mol. The minimum atomic E-state index is -0.261. The molecule has 1 saturated carbocycles. The molecule has 2 aromatic heterocycles. The zero-order valence-corrected chi connectivity index (χ0v) is 19.4. The number of carbonyl (C=O) groups excluding carboxylic acids is 1. The molecular formula is C26H28N4O3. The first kappa shape index (κ1) is 21.4. The molecule has 0 spiro atoms. The summed E-state index contributed by atoms with van der Waals surface area (Å²) in [6, 6.07) is 7.79. The van der Waals surface area contributed by atoms with Crippen molar-refractivity contribution in [3.8, 4) is 17.2 Å². The van der Waals surface area contributed by atoms with Crippen LogP contribution in [0, 0.1) is 5.41 Å². The van der Waals surface area contributed by atoms with Crippen molar-refractivity contribution >= 4 is 11.6 Å². The molecule has 2 aliphatic rings. The van der Waals surface area contributed by atoms with E-state index in [2.05, 4.69) is 37.9 Å². The average molecular weight is 445 g/mol. The van der Waals surface area contributed by atoms with Crippen molar-refractivity contribution in [3.63, 3.8) is 0 Å². The molecule has 0 unspecified atom stereocenters. The Kier molecular flexibility index (Phi) is 5.07. The molecule has 1 N–H and O–H groups in total. The molecule has 0 saturated heterocycles. The van der Waals surface area contributed by atoms with E-state index in [0.717, 1.165) is 16.8 Å². The average Bonchev–Trinajstić information content (AvgIpc) is 3.40. The summed E-state index contributed by atoms with van der Waals surface area (Å²) in [5, 5.41) is 8.63. The Morgan fingerprint density at radius 2 is 2.06 bits per heavy atom. The molecule has 1 aliphatic carbocycles. The van der Waals surface area contributed by atoms with Crippen molar-refractivity contribution in [1.29, 1.82) is 5.41 Å². The molecule has 0 bridgehead atoms. The number of ether oxygens (including phenoxy) is 1. The number of methoxy groups -OCH3 is 1. The fourth-order valence-electron chi connectivity index (χ4n) is 4.36. The van der Waals surface area contributed by atoms with E-state index >= 15 is 0 Å². The van der Waals surface area contributed by atoms with Crippen molar-refractivity contribution in [2.45, 2.75) is 51.5 Å². The zero-order chi connectivity index (χ0) is 23.3. The second kappa shape index (κ2) is 7.83. The van der Waals surface area contributed by atoms with E-state index in [1.54, 1.807) is 24.3 Å². The molecule has 3 heterocycles. The summed E-state index contributed by atoms with van der Waals surface area (Å²) >= 11 is 0. The molecule has 33 heavy (non-hydrogen) atoms. The van der Waals surface area contributed by atoms with Crippen molar-refractivity contribution in [2.75, 3.05) is 13.7 Å². The Morgan fingerprint density at radius 3 is 2.70 bits per heavy atom. The zero-order valence-electron chi connectivity index (χ0n) is 19.4. The smallest absolute Gasteiger partial charge is 0.229 e. The monoisotopic (exact) mass is 444 g/mol. The van der Waals surface area contributed by atoms with E-state index in [0.29, 0.717) is 46.8 Å². The lowest BCUT2D eigenvalue weighted by Gasteiger charge is -2.25. The van der Waals surface area contributed by atoms with Gasteiger partial charge in [0.05, 0.1) is 25.4 Å². The Balaban J connectivity index is 1.46. The van der Waals surface area contributed by atoms with E-state index < -0.39 is 0 Å². The molecule has 0 radical (unpaired) electrons. The van der Waals surface area contributed by atoms with Gasteiger partial charge in [0.1, 0.15) is 23.5 Å². The van der Waals surface area contributed by atoms with Gasteiger partial charge in [0, 0.05) is 34.8 Å². The molecule has 1 aliphatic heterocycles. The number of rotatable bonds is 6. The molecule has 0 amide bonds. The van der Waals surface area contributed by atoms with Gasteiger partial charge in [0.2, 0.25) is 5.89 Å². The summed E-state index contributed by atoms with van der Waals surface area (Å²) in [4.78, 5) is 24.2. The highest BCUT2D eigenvalue weighted by molar-refractivity contribution is 6.05. The lowest BCUT2D eigenvalue weighted by atomic mass is 9.83. The minimum Gasteiger partial charge on any atom is -0.496 e. The van der Waals surface area contributed by atoms with Gasteiger partial charge in [-0.3, -0.25) is 10.2 Å². The Labute approximate surface area is 193 Å². The van der Waals surface area contributed by atoms with Gasteiger partial charge in [-0.15, -0.1) is 0 Å². The maximum atomic E-state index is 13.4. The second-order valence-electron chi connectivity index (χ2n) is 9.84. The van der Waals surface area contributed by atoms with Crippen LogP contribution in [-0.4, -0.2) is 40.1 Å². The van der Waals surface area contributed by atoms with Crippen LogP contribution in [0.1, 0.15) is 72.4 Å². The lowest BCUT2D eigenvalue weighted by Crippen LogP contribution is -2.30. The standard InChI is InChI=1S/C26H28N4O3/c1-26(2,3)19-12-17(11-18(23(19)32-4)25-28-9-10-33-25)21(31)14-30-13-16-7-8-20(15-5-6-15)29-22(16)24(30)27/h7-12,15,27H,5-6,13-14H2,1-4H3. The number of nitrogens with zero attached hydrogens (tertiary/aromatic N) is 3. The molecule has 3 aromatic rings. The number of fused-ring (bicyclic) bond motifs is 1. The van der Waals surface area contributed by atoms with Crippen molar-refractivity contribution in [3.05, 3.63) is 64.8 Å². The summed E-state index contributed by atoms with van der Waals surface area (Å²) < 4.78 is 11.3. The number of benzene rings is 1. The molecule has 0 atom stereocenters. The van der Waals surface area contributed by atoms with Crippen LogP contribution in [0.5, 0.6) is 5.75 Å². The van der Waals surface area contributed by atoms with Crippen LogP contribution < -0.4 is 4.74 Å². The number of hydrogen-bond acceptors (Lipinski definition) is 6. The first-order chi connectivity index (χ1) is 15.8. The number of hydrogen-bond donors (Lipinski definition) is 1. The molecule has 1 aromatic carbocycles. The van der Waals surface area contributed by atoms with Crippen molar-refractivity contribution in [1.82, 2.24) is 14.9 Å². The molecule has 5 rings (SSSR count). The third kappa shape index (κ3) is 3.92. The van der Waals surface area contributed by atoms with Crippen molar-refractivity contribution < 1.29 is 13.9 Å². The lowest BCUT2D eigenvalue weighted by molar-refractivity contribution is 0.0962. The largest absolute Gasteiger partial charge is 0.496 e. The van der Waals surface area contributed by atoms with Crippen LogP contribution in [0.15, 0.2) is 41.1 Å². The highest BCUT2D eigenvalue weighted by Crippen LogP contribution is 2.41. The quantitative estimate of drug-likeness (QED) is 0.541. The summed E-state index contributed by atoms with van der Waals surface area (Å²) in [6.07, 6.45) is 5.42. The maximum absolute atomic E-state index is 13.4. The first-order valence-corrected chi connectivity index (χ1v) is 11.3. The minimum absolute atomic E-state index is 0.0732. The number of amidine groups is 1. The summed E-state index contributed by atoms with van der Waals surface area (Å²) in [6.45, 7) is 6.86. The van der Waals surface area contributed by atoms with Crippen LogP contribution >= 0.6 is 0 Å². The highest BCUT2D eigenvalue weighted by Gasteiger charge is 2.32. The van der Waals surface area contributed by atoms with Gasteiger partial charge in [-0.2, -0.15) is 0 Å². The van der Waals surface area contributed by atoms with Gasteiger partial charge in [0.25, 0.3) is 0 Å². The van der Waals surface area contributed by atoms with E-state index in [-0.39, 0.29) is 17.7 Å². The number of ketones is 1. The Hall–Kier alpha value is -3.48. The third-order valence-corrected chi connectivity index (χ3v) is 6.32. The predicted octanol–water partition coefficient (Wildman–Crippen LogP) is 4.94. The normalized spacial score (nSPS) is 15.6.